The number of nitrogens with one attached hydrogen (secondary N) is 2. The number of piperidine rings is 1. The molecule has 0 radical (unpaired) electrons. The van der Waals surface area contributed by atoms with Crippen molar-refractivity contribution in [3.8, 4) is 0 Å². The van der Waals surface area contributed by atoms with Crippen molar-refractivity contribution in [2.45, 2.75) is 60.8 Å². The molecule has 3 aliphatic rings. The average molecular weight is 759 g/mol. The standard InChI is InChI=1S/C44H46N4O6S/c49-30-33-18-20-35(21-19-33)41-40(34-10-4-1-5-11-34)39(29-47-26-24-44(25-27-47)43(50)45-31-48(44)37-12-6-2-7-13-37)53-42(54-41)36-22-16-32(17-23-36)28-46-55(51,52)38-14-8-3-9-15-38/h1-23,39-42,46,49H,24-31H2,(H,45,50). The first kappa shape index (κ1) is 37.1. The molecule has 0 saturated carbocycles. The molecule has 55 heavy (non-hydrogen) atoms. The van der Waals surface area contributed by atoms with Crippen LogP contribution in [0.1, 0.15) is 59.0 Å². The molecule has 3 heterocycles. The van der Waals surface area contributed by atoms with Crippen molar-refractivity contribution < 1.29 is 27.8 Å². The Morgan fingerprint density at radius 3 is 1.98 bits per heavy atom. The maximum absolute atomic E-state index is 13.4. The molecule has 11 heteroatoms. The van der Waals surface area contributed by atoms with E-state index in [9.17, 15) is 18.3 Å². The van der Waals surface area contributed by atoms with E-state index in [-0.39, 0.29) is 42.1 Å². The van der Waals surface area contributed by atoms with Crippen molar-refractivity contribution in [1.82, 2.24) is 14.9 Å². The van der Waals surface area contributed by atoms with Gasteiger partial charge in [0.2, 0.25) is 15.9 Å². The van der Waals surface area contributed by atoms with E-state index in [0.717, 1.165) is 46.6 Å². The molecule has 4 unspecified atom stereocenters. The Labute approximate surface area is 322 Å². The summed E-state index contributed by atoms with van der Waals surface area (Å²) in [5.74, 6) is -0.0705. The zero-order valence-corrected chi connectivity index (χ0v) is 31.4. The summed E-state index contributed by atoms with van der Waals surface area (Å²) >= 11 is 0. The lowest BCUT2D eigenvalue weighted by Gasteiger charge is -2.47. The number of carbonyl (C=O) groups is 1. The molecule has 0 aromatic heterocycles. The molecule has 0 aliphatic carbocycles. The number of likely N-dealkylation sites (tertiary alicyclic amines) is 1. The highest BCUT2D eigenvalue weighted by Gasteiger charge is 2.51. The number of hydrogen-bond acceptors (Lipinski definition) is 8. The Bertz CT molecular complexity index is 2150. The van der Waals surface area contributed by atoms with Crippen molar-refractivity contribution in [1.29, 1.82) is 0 Å². The maximum atomic E-state index is 13.4. The number of hydrogen-bond donors (Lipinski definition) is 3. The lowest BCUT2D eigenvalue weighted by atomic mass is 9.82. The van der Waals surface area contributed by atoms with Crippen LogP contribution in [0.4, 0.5) is 5.69 Å². The summed E-state index contributed by atoms with van der Waals surface area (Å²) in [4.78, 5) is 18.3. The van der Waals surface area contributed by atoms with E-state index in [2.05, 4.69) is 44.1 Å². The Kier molecular flexibility index (Phi) is 10.8. The van der Waals surface area contributed by atoms with E-state index in [1.54, 1.807) is 30.3 Å². The van der Waals surface area contributed by atoms with Crippen LogP contribution < -0.4 is 14.9 Å². The number of amides is 1. The van der Waals surface area contributed by atoms with Gasteiger partial charge in [0.15, 0.2) is 6.29 Å². The van der Waals surface area contributed by atoms with Gasteiger partial charge in [-0.05, 0) is 59.4 Å². The van der Waals surface area contributed by atoms with Crippen LogP contribution in [0.2, 0.25) is 0 Å². The lowest BCUT2D eigenvalue weighted by molar-refractivity contribution is -0.264. The fourth-order valence-corrected chi connectivity index (χ4v) is 9.25. The van der Waals surface area contributed by atoms with Crippen LogP contribution in [-0.2, 0) is 37.4 Å². The number of para-hydroxylation sites is 1. The van der Waals surface area contributed by atoms with Crippen LogP contribution in [0, 0.1) is 0 Å². The number of carbonyl (C=O) groups excluding carboxylic acids is 1. The summed E-state index contributed by atoms with van der Waals surface area (Å²) in [6.07, 6.45) is 0.0303. The number of rotatable bonds is 11. The molecule has 284 valence electrons. The summed E-state index contributed by atoms with van der Waals surface area (Å²) < 4.78 is 42.3. The van der Waals surface area contributed by atoms with Gasteiger partial charge in [0.25, 0.3) is 0 Å². The van der Waals surface area contributed by atoms with Crippen molar-refractivity contribution in [2.75, 3.05) is 31.2 Å². The summed E-state index contributed by atoms with van der Waals surface area (Å²) in [5.41, 5.74) is 4.98. The fourth-order valence-electron chi connectivity index (χ4n) is 8.21. The van der Waals surface area contributed by atoms with Gasteiger partial charge in [0, 0.05) is 43.3 Å². The topological polar surface area (TPSA) is 120 Å². The molecule has 5 aromatic carbocycles. The molecule has 5 aromatic rings. The first-order chi connectivity index (χ1) is 26.8. The lowest BCUT2D eigenvalue weighted by Crippen LogP contribution is -2.57. The summed E-state index contributed by atoms with van der Waals surface area (Å²) in [6, 6.07) is 44.4. The van der Waals surface area contributed by atoms with Gasteiger partial charge < -0.3 is 29.7 Å². The summed E-state index contributed by atoms with van der Waals surface area (Å²) in [6.45, 7) is 2.68. The number of ether oxygens (including phenoxy) is 2. The van der Waals surface area contributed by atoms with Gasteiger partial charge in [-0.2, -0.15) is 0 Å². The minimum atomic E-state index is -3.66. The van der Waals surface area contributed by atoms with E-state index in [0.29, 0.717) is 26.1 Å². The first-order valence-electron chi connectivity index (χ1n) is 18.9. The minimum absolute atomic E-state index is 0.0493. The number of anilines is 1. The van der Waals surface area contributed by atoms with Crippen LogP contribution >= 0.6 is 0 Å². The molecule has 1 spiro atoms. The van der Waals surface area contributed by atoms with Crippen LogP contribution in [0.3, 0.4) is 0 Å². The molecular weight excluding hydrogens is 713 g/mol. The zero-order chi connectivity index (χ0) is 37.8. The largest absolute Gasteiger partial charge is 0.392 e. The highest BCUT2D eigenvalue weighted by atomic mass is 32.2. The number of aliphatic hydroxyl groups is 1. The zero-order valence-electron chi connectivity index (χ0n) is 30.5. The van der Waals surface area contributed by atoms with Crippen LogP contribution in [0.5, 0.6) is 0 Å². The van der Waals surface area contributed by atoms with Gasteiger partial charge in [-0.1, -0.05) is 115 Å². The average Bonchev–Trinajstić information content (AvgIpc) is 3.56. The van der Waals surface area contributed by atoms with Gasteiger partial charge >= 0.3 is 0 Å². The van der Waals surface area contributed by atoms with Crippen LogP contribution in [0.15, 0.2) is 144 Å². The minimum Gasteiger partial charge on any atom is -0.392 e. The predicted molar refractivity (Wildman–Crippen MR) is 210 cm³/mol. The van der Waals surface area contributed by atoms with Crippen molar-refractivity contribution in [3.63, 3.8) is 0 Å². The van der Waals surface area contributed by atoms with Crippen molar-refractivity contribution in [3.05, 3.63) is 167 Å². The molecule has 8 rings (SSSR count). The normalized spacial score (nSPS) is 22.8. The second-order valence-electron chi connectivity index (χ2n) is 14.5. The van der Waals surface area contributed by atoms with E-state index < -0.39 is 21.9 Å². The van der Waals surface area contributed by atoms with Gasteiger partial charge in [-0.3, -0.25) is 4.79 Å². The maximum Gasteiger partial charge on any atom is 0.247 e. The highest BCUT2D eigenvalue weighted by Crippen LogP contribution is 2.47. The summed E-state index contributed by atoms with van der Waals surface area (Å²) in [5, 5.41) is 12.9. The molecule has 10 nitrogen and oxygen atoms in total. The Morgan fingerprint density at radius 1 is 0.727 bits per heavy atom. The van der Waals surface area contributed by atoms with Crippen molar-refractivity contribution in [2.24, 2.45) is 0 Å². The predicted octanol–water partition coefficient (Wildman–Crippen LogP) is 6.03. The van der Waals surface area contributed by atoms with Gasteiger partial charge in [-0.25, -0.2) is 13.1 Å². The van der Waals surface area contributed by atoms with Crippen LogP contribution in [0.25, 0.3) is 0 Å². The molecule has 1 amide bonds. The van der Waals surface area contributed by atoms with E-state index in [1.807, 2.05) is 84.9 Å². The van der Waals surface area contributed by atoms with Gasteiger partial charge in [-0.15, -0.1) is 0 Å². The number of benzene rings is 5. The number of aliphatic hydroxyl groups excluding tert-OH is 1. The van der Waals surface area contributed by atoms with E-state index >= 15 is 0 Å². The molecule has 4 atom stereocenters. The molecule has 3 saturated heterocycles. The number of sulfonamides is 1. The van der Waals surface area contributed by atoms with Crippen LogP contribution in [-0.4, -0.2) is 62.3 Å². The third-order valence-corrected chi connectivity index (χ3v) is 12.7. The molecule has 3 aliphatic heterocycles. The monoisotopic (exact) mass is 758 g/mol. The number of nitrogens with zero attached hydrogens (tertiary/aromatic N) is 2. The quantitative estimate of drug-likeness (QED) is 0.150. The van der Waals surface area contributed by atoms with Gasteiger partial charge in [0.05, 0.1) is 30.4 Å². The first-order valence-corrected chi connectivity index (χ1v) is 20.3. The Balaban J connectivity index is 1.06. The SMILES string of the molecule is O=C1NCN(c2ccccc2)C12CCN(CC1OC(c3ccc(CNS(=O)(=O)c4ccccc4)cc3)OC(c3ccc(CO)cc3)C1c1ccccc1)CC2. The molecular formula is C44H46N4O6S. The Morgan fingerprint density at radius 2 is 1.33 bits per heavy atom. The Hall–Kier alpha value is -4.88. The molecule has 0 bridgehead atoms. The van der Waals surface area contributed by atoms with E-state index in [4.69, 9.17) is 9.47 Å². The fraction of sp³-hybridized carbons (Fsp3) is 0.295. The smallest absolute Gasteiger partial charge is 0.247 e. The molecule has 3 fully saturated rings. The van der Waals surface area contributed by atoms with E-state index in [1.165, 1.54) is 0 Å². The second-order valence-corrected chi connectivity index (χ2v) is 16.3. The second kappa shape index (κ2) is 16.1. The highest BCUT2D eigenvalue weighted by molar-refractivity contribution is 7.89. The summed E-state index contributed by atoms with van der Waals surface area (Å²) in [7, 11) is -3.66. The van der Waals surface area contributed by atoms with Gasteiger partial charge in [0.1, 0.15) is 5.54 Å². The molecule has 3 N–H and O–H groups in total. The third-order valence-electron chi connectivity index (χ3n) is 11.3. The van der Waals surface area contributed by atoms with Crippen molar-refractivity contribution >= 4 is 21.6 Å². The third kappa shape index (κ3) is 7.82.